The molecule has 0 radical (unpaired) electrons. The van der Waals surface area contributed by atoms with Crippen LogP contribution in [0.3, 0.4) is 0 Å². The molecule has 0 saturated carbocycles. The molecule has 0 unspecified atom stereocenters. The van der Waals surface area contributed by atoms with Gasteiger partial charge in [-0.25, -0.2) is 0 Å². The molecule has 0 bridgehead atoms. The van der Waals surface area contributed by atoms with Crippen LogP contribution in [-0.2, 0) is 13.0 Å². The molecule has 26 heavy (non-hydrogen) atoms. The lowest BCUT2D eigenvalue weighted by atomic mass is 9.96. The van der Waals surface area contributed by atoms with Crippen LogP contribution in [0.2, 0.25) is 0 Å². The molecule has 2 aromatic carbocycles. The van der Waals surface area contributed by atoms with Crippen molar-refractivity contribution in [3.05, 3.63) is 65.2 Å². The minimum absolute atomic E-state index is 0.120. The average Bonchev–Trinajstić information content (AvgIpc) is 2.60. The Morgan fingerprint density at radius 1 is 1.04 bits per heavy atom. The smallest absolute Gasteiger partial charge is 0.253 e. The molecular formula is C22H26N2O2. The van der Waals surface area contributed by atoms with E-state index in [4.69, 9.17) is 4.74 Å². The lowest BCUT2D eigenvalue weighted by Crippen LogP contribution is -2.61. The molecule has 2 aliphatic heterocycles. The topological polar surface area (TPSA) is 32.8 Å². The predicted octanol–water partition coefficient (Wildman–Crippen LogP) is 3.36. The van der Waals surface area contributed by atoms with Crippen molar-refractivity contribution in [1.29, 1.82) is 0 Å². The van der Waals surface area contributed by atoms with E-state index in [2.05, 4.69) is 29.2 Å². The number of carbonyl (C=O) groups is 1. The van der Waals surface area contributed by atoms with Gasteiger partial charge in [0.2, 0.25) is 0 Å². The predicted molar refractivity (Wildman–Crippen MR) is 102 cm³/mol. The fourth-order valence-corrected chi connectivity index (χ4v) is 3.81. The highest BCUT2D eigenvalue weighted by Gasteiger charge is 2.36. The molecule has 2 heterocycles. The van der Waals surface area contributed by atoms with Gasteiger partial charge < -0.3 is 9.64 Å². The second-order valence-electron chi connectivity index (χ2n) is 7.54. The van der Waals surface area contributed by atoms with Crippen molar-refractivity contribution < 1.29 is 9.53 Å². The molecule has 1 fully saturated rings. The van der Waals surface area contributed by atoms with Gasteiger partial charge in [-0.3, -0.25) is 9.69 Å². The van der Waals surface area contributed by atoms with Crippen LogP contribution in [0, 0.1) is 0 Å². The molecule has 0 N–H and O–H groups in total. The number of hydrogen-bond acceptors (Lipinski definition) is 3. The Kier molecular flexibility index (Phi) is 4.68. The summed E-state index contributed by atoms with van der Waals surface area (Å²) < 4.78 is 5.64. The van der Waals surface area contributed by atoms with Crippen molar-refractivity contribution in [2.75, 3.05) is 19.6 Å². The number of rotatable bonds is 4. The first-order valence-electron chi connectivity index (χ1n) is 9.47. The molecule has 0 aliphatic carbocycles. The van der Waals surface area contributed by atoms with E-state index in [1.165, 1.54) is 11.1 Å². The zero-order valence-electron chi connectivity index (χ0n) is 15.5. The maximum Gasteiger partial charge on any atom is 0.253 e. The first kappa shape index (κ1) is 17.1. The van der Waals surface area contributed by atoms with Crippen LogP contribution in [-0.4, -0.2) is 47.5 Å². The molecule has 2 aliphatic rings. The Balaban J connectivity index is 1.32. The van der Waals surface area contributed by atoms with Crippen molar-refractivity contribution in [2.24, 2.45) is 0 Å². The maximum atomic E-state index is 12.7. The third kappa shape index (κ3) is 3.47. The van der Waals surface area contributed by atoms with E-state index in [0.717, 1.165) is 43.9 Å². The van der Waals surface area contributed by atoms with Crippen molar-refractivity contribution in [3.8, 4) is 5.75 Å². The summed E-state index contributed by atoms with van der Waals surface area (Å²) >= 11 is 0. The fourth-order valence-electron chi connectivity index (χ4n) is 3.81. The summed E-state index contributed by atoms with van der Waals surface area (Å²) in [6.45, 7) is 7.74. The summed E-state index contributed by atoms with van der Waals surface area (Å²) in [5.41, 5.74) is 3.65. The number of carbonyl (C=O) groups excluding carboxylic acids is 1. The second-order valence-corrected chi connectivity index (χ2v) is 7.54. The first-order chi connectivity index (χ1) is 12.6. The molecule has 136 valence electrons. The average molecular weight is 350 g/mol. The molecule has 4 heteroatoms. The largest absolute Gasteiger partial charge is 0.491 e. The fraction of sp³-hybridized carbons (Fsp3) is 0.409. The minimum Gasteiger partial charge on any atom is -0.491 e. The van der Waals surface area contributed by atoms with Crippen molar-refractivity contribution in [3.63, 3.8) is 0 Å². The van der Waals surface area contributed by atoms with E-state index in [-0.39, 0.29) is 12.0 Å². The molecule has 1 amide bonds. The molecule has 0 spiro atoms. The summed E-state index contributed by atoms with van der Waals surface area (Å²) in [6, 6.07) is 16.7. The zero-order chi connectivity index (χ0) is 18.1. The number of benzene rings is 2. The van der Waals surface area contributed by atoms with Gasteiger partial charge in [-0.1, -0.05) is 24.3 Å². The SMILES string of the molecule is CC(C)Oc1ccc(C(=O)N2CC(N3CCc4ccccc4C3)C2)cc1. The number of ether oxygens (including phenoxy) is 1. The van der Waals surface area contributed by atoms with Crippen LogP contribution in [0.5, 0.6) is 5.75 Å². The van der Waals surface area contributed by atoms with Gasteiger partial charge in [-0.2, -0.15) is 0 Å². The first-order valence-corrected chi connectivity index (χ1v) is 9.47. The molecule has 1 saturated heterocycles. The second kappa shape index (κ2) is 7.12. The van der Waals surface area contributed by atoms with Gasteiger partial charge in [0.25, 0.3) is 5.91 Å². The number of likely N-dealkylation sites (tertiary alicyclic amines) is 1. The number of amides is 1. The van der Waals surface area contributed by atoms with Gasteiger partial charge >= 0.3 is 0 Å². The summed E-state index contributed by atoms with van der Waals surface area (Å²) in [5, 5.41) is 0. The third-order valence-corrected chi connectivity index (χ3v) is 5.30. The van der Waals surface area contributed by atoms with E-state index < -0.39 is 0 Å². The highest BCUT2D eigenvalue weighted by Crippen LogP contribution is 2.25. The number of hydrogen-bond donors (Lipinski definition) is 0. The lowest BCUT2D eigenvalue weighted by molar-refractivity contribution is 0.0218. The molecule has 2 aromatic rings. The van der Waals surface area contributed by atoms with Crippen LogP contribution < -0.4 is 4.74 Å². The van der Waals surface area contributed by atoms with E-state index in [0.29, 0.717) is 6.04 Å². The molecule has 0 aromatic heterocycles. The Bertz CT molecular complexity index is 779. The Morgan fingerprint density at radius 2 is 1.73 bits per heavy atom. The Hall–Kier alpha value is -2.33. The van der Waals surface area contributed by atoms with Gasteiger partial charge in [0.15, 0.2) is 0 Å². The number of fused-ring (bicyclic) bond motifs is 1. The Morgan fingerprint density at radius 3 is 2.42 bits per heavy atom. The van der Waals surface area contributed by atoms with Crippen molar-refractivity contribution in [2.45, 2.75) is 39.0 Å². The molecule has 4 rings (SSSR count). The van der Waals surface area contributed by atoms with Crippen LogP contribution in [0.1, 0.15) is 35.3 Å². The van der Waals surface area contributed by atoms with Gasteiger partial charge in [-0.15, -0.1) is 0 Å². The number of nitrogens with zero attached hydrogens (tertiary/aromatic N) is 2. The van der Waals surface area contributed by atoms with Crippen LogP contribution in [0.15, 0.2) is 48.5 Å². The van der Waals surface area contributed by atoms with Gasteiger partial charge in [0.05, 0.1) is 6.10 Å². The third-order valence-electron chi connectivity index (χ3n) is 5.30. The quantitative estimate of drug-likeness (QED) is 0.848. The van der Waals surface area contributed by atoms with Crippen LogP contribution in [0.4, 0.5) is 0 Å². The van der Waals surface area contributed by atoms with Crippen LogP contribution >= 0.6 is 0 Å². The molecule has 0 atom stereocenters. The summed E-state index contributed by atoms with van der Waals surface area (Å²) in [7, 11) is 0. The molecule has 4 nitrogen and oxygen atoms in total. The summed E-state index contributed by atoms with van der Waals surface area (Å²) in [4.78, 5) is 17.1. The van der Waals surface area contributed by atoms with Gasteiger partial charge in [0.1, 0.15) is 5.75 Å². The lowest BCUT2D eigenvalue weighted by Gasteiger charge is -2.47. The monoisotopic (exact) mass is 350 g/mol. The van der Waals surface area contributed by atoms with E-state index in [1.807, 2.05) is 43.0 Å². The minimum atomic E-state index is 0.120. The van der Waals surface area contributed by atoms with E-state index in [9.17, 15) is 4.79 Å². The highest BCUT2D eigenvalue weighted by atomic mass is 16.5. The van der Waals surface area contributed by atoms with Gasteiger partial charge in [0, 0.05) is 37.8 Å². The Labute approximate surface area is 155 Å². The van der Waals surface area contributed by atoms with Gasteiger partial charge in [-0.05, 0) is 55.7 Å². The maximum absolute atomic E-state index is 12.7. The van der Waals surface area contributed by atoms with Crippen molar-refractivity contribution in [1.82, 2.24) is 9.80 Å². The normalized spacial score (nSPS) is 17.7. The highest BCUT2D eigenvalue weighted by molar-refractivity contribution is 5.95. The van der Waals surface area contributed by atoms with Crippen LogP contribution in [0.25, 0.3) is 0 Å². The standard InChI is InChI=1S/C22H26N2O2/c1-16(2)26-21-9-7-18(8-10-21)22(25)24-14-20(15-24)23-12-11-17-5-3-4-6-19(17)13-23/h3-10,16,20H,11-15H2,1-2H3. The van der Waals surface area contributed by atoms with E-state index >= 15 is 0 Å². The van der Waals surface area contributed by atoms with E-state index in [1.54, 1.807) is 0 Å². The summed E-state index contributed by atoms with van der Waals surface area (Å²) in [5.74, 6) is 0.930. The van der Waals surface area contributed by atoms with Crippen molar-refractivity contribution >= 4 is 5.91 Å². The summed E-state index contributed by atoms with van der Waals surface area (Å²) in [6.07, 6.45) is 1.25. The molecular weight excluding hydrogens is 324 g/mol. The zero-order valence-corrected chi connectivity index (χ0v) is 15.5.